The van der Waals surface area contributed by atoms with Crippen molar-refractivity contribution in [2.45, 2.75) is 12.0 Å². The summed E-state index contributed by atoms with van der Waals surface area (Å²) in [6.45, 7) is 0. The Morgan fingerprint density at radius 1 is 0.741 bits per heavy atom. The quantitative estimate of drug-likeness (QED) is 0.626. The lowest BCUT2D eigenvalue weighted by molar-refractivity contribution is -0.126. The van der Waals surface area contributed by atoms with Gasteiger partial charge in [0.05, 0.1) is 26.2 Å². The van der Waals surface area contributed by atoms with Gasteiger partial charge in [0.2, 0.25) is 5.91 Å². The van der Waals surface area contributed by atoms with E-state index in [0.29, 0.717) is 11.5 Å². The Hall–Kier alpha value is -3.27. The lowest BCUT2D eigenvalue weighted by Gasteiger charge is -2.47. The van der Waals surface area contributed by atoms with Crippen molar-refractivity contribution >= 4 is 11.6 Å². The van der Waals surface area contributed by atoms with E-state index in [9.17, 15) is 4.79 Å². The molecular weight excluding hydrogens is 338 g/mol. The molecule has 3 aromatic carbocycles. The molecule has 0 aromatic heterocycles. The summed E-state index contributed by atoms with van der Waals surface area (Å²) in [6.07, 6.45) is 0. The average Bonchev–Trinajstić information content (AvgIpc) is 2.73. The number of rotatable bonds is 5. The first kappa shape index (κ1) is 17.2. The van der Waals surface area contributed by atoms with E-state index in [1.807, 2.05) is 71.6 Å². The second-order valence-electron chi connectivity index (χ2n) is 6.49. The topological polar surface area (TPSA) is 38.8 Å². The summed E-state index contributed by atoms with van der Waals surface area (Å²) in [6, 6.07) is 25.6. The molecule has 0 radical (unpaired) electrons. The Morgan fingerprint density at radius 2 is 1.37 bits per heavy atom. The zero-order valence-electron chi connectivity index (χ0n) is 15.3. The summed E-state index contributed by atoms with van der Waals surface area (Å²) in [5, 5.41) is 0. The summed E-state index contributed by atoms with van der Waals surface area (Å²) < 4.78 is 10.8. The number of methoxy groups -OCH3 is 2. The molecule has 0 unspecified atom stereocenters. The van der Waals surface area contributed by atoms with Crippen LogP contribution in [0.1, 0.15) is 23.1 Å². The minimum Gasteiger partial charge on any atom is -0.493 e. The van der Waals surface area contributed by atoms with Crippen LogP contribution in [0.4, 0.5) is 5.69 Å². The molecule has 0 aliphatic carbocycles. The summed E-state index contributed by atoms with van der Waals surface area (Å²) in [5.74, 6) is 1.12. The van der Waals surface area contributed by atoms with E-state index in [4.69, 9.17) is 9.47 Å². The molecule has 1 heterocycles. The highest BCUT2D eigenvalue weighted by atomic mass is 16.5. The summed E-state index contributed by atoms with van der Waals surface area (Å²) in [7, 11) is 3.21. The minimum atomic E-state index is -0.257. The van der Waals surface area contributed by atoms with Gasteiger partial charge in [-0.25, -0.2) is 0 Å². The van der Waals surface area contributed by atoms with Crippen molar-refractivity contribution in [3.05, 3.63) is 90.0 Å². The Bertz CT molecular complexity index is 940. The van der Waals surface area contributed by atoms with Gasteiger partial charge in [-0.2, -0.15) is 0 Å². The van der Waals surface area contributed by atoms with Crippen molar-refractivity contribution in [2.75, 3.05) is 19.1 Å². The molecule has 27 heavy (non-hydrogen) atoms. The Balaban J connectivity index is 1.77. The standard InChI is InChI=1S/C23H21NO3/c1-26-19-14-13-17(15-20(19)27-2)21-22(16-9-5-3-6-10-16)24(23(21)25)18-11-7-4-8-12-18/h3-15,21-22H,1-2H3/t21-,22+/m1/s1. The molecule has 1 aliphatic heterocycles. The third-order valence-electron chi connectivity index (χ3n) is 5.04. The number of ether oxygens (including phenoxy) is 2. The molecule has 4 rings (SSSR count). The summed E-state index contributed by atoms with van der Waals surface area (Å²) in [4.78, 5) is 15.0. The molecule has 1 fully saturated rings. The number of carbonyl (C=O) groups excluding carboxylic acids is 1. The number of nitrogens with zero attached hydrogens (tertiary/aromatic N) is 1. The summed E-state index contributed by atoms with van der Waals surface area (Å²) in [5.41, 5.74) is 2.95. The van der Waals surface area contributed by atoms with Crippen molar-refractivity contribution in [1.82, 2.24) is 0 Å². The van der Waals surface area contributed by atoms with Crippen LogP contribution in [0, 0.1) is 0 Å². The number of anilines is 1. The molecule has 4 nitrogen and oxygen atoms in total. The Labute approximate surface area is 159 Å². The fraction of sp³-hybridized carbons (Fsp3) is 0.174. The van der Waals surface area contributed by atoms with Crippen LogP contribution in [-0.2, 0) is 4.79 Å². The number of amides is 1. The first-order valence-corrected chi connectivity index (χ1v) is 8.89. The molecule has 136 valence electrons. The fourth-order valence-electron chi connectivity index (χ4n) is 3.73. The molecule has 0 saturated carbocycles. The van der Waals surface area contributed by atoms with Gasteiger partial charge >= 0.3 is 0 Å². The normalized spacial score (nSPS) is 18.7. The van der Waals surface area contributed by atoms with Gasteiger partial charge in [-0.15, -0.1) is 0 Å². The second kappa shape index (κ2) is 7.16. The first-order valence-electron chi connectivity index (χ1n) is 8.89. The molecule has 0 N–H and O–H groups in total. The maximum Gasteiger partial charge on any atom is 0.237 e. The van der Waals surface area contributed by atoms with Crippen molar-refractivity contribution in [1.29, 1.82) is 0 Å². The molecular formula is C23H21NO3. The number of para-hydroxylation sites is 1. The van der Waals surface area contributed by atoms with E-state index < -0.39 is 0 Å². The number of carbonyl (C=O) groups is 1. The number of hydrogen-bond donors (Lipinski definition) is 0. The van der Waals surface area contributed by atoms with E-state index in [1.165, 1.54) is 0 Å². The largest absolute Gasteiger partial charge is 0.493 e. The molecule has 3 aromatic rings. The molecule has 1 saturated heterocycles. The predicted molar refractivity (Wildman–Crippen MR) is 105 cm³/mol. The number of hydrogen-bond acceptors (Lipinski definition) is 3. The van der Waals surface area contributed by atoms with Crippen LogP contribution in [-0.4, -0.2) is 20.1 Å². The highest BCUT2D eigenvalue weighted by molar-refractivity contribution is 6.06. The molecule has 2 atom stereocenters. The van der Waals surface area contributed by atoms with Gasteiger partial charge < -0.3 is 14.4 Å². The predicted octanol–water partition coefficient (Wildman–Crippen LogP) is 4.58. The van der Waals surface area contributed by atoms with Crippen molar-refractivity contribution in [3.63, 3.8) is 0 Å². The minimum absolute atomic E-state index is 0.0563. The average molecular weight is 359 g/mol. The number of benzene rings is 3. The van der Waals surface area contributed by atoms with Crippen LogP contribution >= 0.6 is 0 Å². The van der Waals surface area contributed by atoms with Gasteiger partial charge in [0.25, 0.3) is 0 Å². The lowest BCUT2D eigenvalue weighted by Crippen LogP contribution is -2.53. The zero-order chi connectivity index (χ0) is 18.8. The Kier molecular flexibility index (Phi) is 4.55. The van der Waals surface area contributed by atoms with E-state index in [1.54, 1.807) is 14.2 Å². The van der Waals surface area contributed by atoms with Crippen LogP contribution in [0.2, 0.25) is 0 Å². The maximum absolute atomic E-state index is 13.2. The molecule has 1 amide bonds. The van der Waals surface area contributed by atoms with Gasteiger partial charge in [-0.1, -0.05) is 54.6 Å². The SMILES string of the molecule is COc1ccc([C@H]2C(=O)N(c3ccccc3)[C@H]2c2ccccc2)cc1OC. The lowest BCUT2D eigenvalue weighted by atomic mass is 9.77. The van der Waals surface area contributed by atoms with Crippen molar-refractivity contribution in [2.24, 2.45) is 0 Å². The third kappa shape index (κ3) is 2.93. The van der Waals surface area contributed by atoms with Gasteiger partial charge in [0.15, 0.2) is 11.5 Å². The summed E-state index contributed by atoms with van der Waals surface area (Å²) >= 11 is 0. The number of β-lactam (4-membered cyclic amide) rings is 1. The van der Waals surface area contributed by atoms with Gasteiger partial charge in [-0.05, 0) is 35.4 Å². The highest BCUT2D eigenvalue weighted by Crippen LogP contribution is 2.49. The van der Waals surface area contributed by atoms with Gasteiger partial charge in [0.1, 0.15) is 0 Å². The maximum atomic E-state index is 13.2. The first-order chi connectivity index (χ1) is 13.2. The van der Waals surface area contributed by atoms with Crippen LogP contribution in [0.5, 0.6) is 11.5 Å². The van der Waals surface area contributed by atoms with E-state index in [-0.39, 0.29) is 17.9 Å². The van der Waals surface area contributed by atoms with Crippen LogP contribution < -0.4 is 14.4 Å². The van der Waals surface area contributed by atoms with Crippen LogP contribution in [0.3, 0.4) is 0 Å². The highest BCUT2D eigenvalue weighted by Gasteiger charge is 2.49. The van der Waals surface area contributed by atoms with Crippen LogP contribution in [0.25, 0.3) is 0 Å². The fourth-order valence-corrected chi connectivity index (χ4v) is 3.73. The second-order valence-corrected chi connectivity index (χ2v) is 6.49. The third-order valence-corrected chi connectivity index (χ3v) is 5.04. The molecule has 1 aliphatic rings. The zero-order valence-corrected chi connectivity index (χ0v) is 15.3. The van der Waals surface area contributed by atoms with Crippen molar-refractivity contribution in [3.8, 4) is 11.5 Å². The van der Waals surface area contributed by atoms with Gasteiger partial charge in [0, 0.05) is 5.69 Å². The van der Waals surface area contributed by atoms with E-state index in [0.717, 1.165) is 16.8 Å². The molecule has 0 spiro atoms. The Morgan fingerprint density at radius 3 is 2.00 bits per heavy atom. The van der Waals surface area contributed by atoms with Crippen molar-refractivity contribution < 1.29 is 14.3 Å². The molecule has 0 bridgehead atoms. The van der Waals surface area contributed by atoms with E-state index >= 15 is 0 Å². The van der Waals surface area contributed by atoms with Crippen LogP contribution in [0.15, 0.2) is 78.9 Å². The smallest absolute Gasteiger partial charge is 0.237 e. The van der Waals surface area contributed by atoms with E-state index in [2.05, 4.69) is 12.1 Å². The monoisotopic (exact) mass is 359 g/mol. The molecule has 4 heteroatoms. The van der Waals surface area contributed by atoms with Gasteiger partial charge in [-0.3, -0.25) is 4.79 Å².